The van der Waals surface area contributed by atoms with Gasteiger partial charge in [0.15, 0.2) is 11.1 Å². The lowest BCUT2D eigenvalue weighted by molar-refractivity contribution is 0.0936. The Kier molecular flexibility index (Phi) is 8.81. The van der Waals surface area contributed by atoms with Crippen molar-refractivity contribution in [1.82, 2.24) is 15.6 Å². The topological polar surface area (TPSA) is 94.2 Å². The molecule has 6 nitrogen and oxygen atoms in total. The first kappa shape index (κ1) is 27.5. The molecule has 0 bridgehead atoms. The summed E-state index contributed by atoms with van der Waals surface area (Å²) < 4.78 is 35.8. The smallest absolute Gasteiger partial charge is 0.252 e. The maximum Gasteiger partial charge on any atom is 0.252 e. The van der Waals surface area contributed by atoms with Crippen molar-refractivity contribution >= 4 is 27.9 Å². The molecule has 5 rings (SSSR count). The molecule has 0 fully saturated rings. The summed E-state index contributed by atoms with van der Waals surface area (Å²) in [5, 5.41) is 7.34. The Morgan fingerprint density at radius 3 is 2.35 bits per heavy atom. The maximum absolute atomic E-state index is 14.1. The van der Waals surface area contributed by atoms with Gasteiger partial charge in [-0.25, -0.2) is 8.60 Å². The lowest BCUT2D eigenvalue weighted by atomic mass is 9.98. The second-order valence-corrected chi connectivity index (χ2v) is 10.6. The van der Waals surface area contributed by atoms with E-state index in [1.54, 1.807) is 24.4 Å². The van der Waals surface area contributed by atoms with Crippen molar-refractivity contribution < 1.29 is 17.9 Å². The van der Waals surface area contributed by atoms with Crippen molar-refractivity contribution in [3.05, 3.63) is 126 Å². The van der Waals surface area contributed by atoms with Gasteiger partial charge in [-0.2, -0.15) is 0 Å². The van der Waals surface area contributed by atoms with E-state index in [-0.39, 0.29) is 16.8 Å². The number of benzene rings is 4. The van der Waals surface area contributed by atoms with Crippen molar-refractivity contribution in [1.29, 1.82) is 0 Å². The van der Waals surface area contributed by atoms with Crippen LogP contribution in [0.15, 0.2) is 108 Å². The SMILES string of the molecule is O=C(N[C@H](CCNCc1ccccc1)Cc1ccccc1)c1ccc(-c2cc(F)ccc2S(=O)O)c2[nH]ccc12. The first-order valence-electron chi connectivity index (χ1n) is 13.1. The molecule has 2 atom stereocenters. The summed E-state index contributed by atoms with van der Waals surface area (Å²) in [6.45, 7) is 1.48. The molecular weight excluding hydrogens is 525 g/mol. The average molecular weight is 556 g/mol. The van der Waals surface area contributed by atoms with E-state index in [9.17, 15) is 17.9 Å². The quantitative estimate of drug-likeness (QED) is 0.117. The number of H-pyrrole nitrogens is 1. The number of amides is 1. The van der Waals surface area contributed by atoms with Gasteiger partial charge in [0.2, 0.25) is 0 Å². The predicted molar refractivity (Wildman–Crippen MR) is 157 cm³/mol. The molecule has 4 aromatic carbocycles. The van der Waals surface area contributed by atoms with Crippen molar-refractivity contribution in [3.63, 3.8) is 0 Å². The van der Waals surface area contributed by atoms with Crippen molar-refractivity contribution in [3.8, 4) is 11.1 Å². The van der Waals surface area contributed by atoms with Gasteiger partial charge >= 0.3 is 0 Å². The van der Waals surface area contributed by atoms with Crippen LogP contribution in [0.5, 0.6) is 0 Å². The number of aromatic amines is 1. The fraction of sp³-hybridized carbons (Fsp3) is 0.156. The fourth-order valence-corrected chi connectivity index (χ4v) is 5.48. The largest absolute Gasteiger partial charge is 0.361 e. The van der Waals surface area contributed by atoms with Gasteiger partial charge in [-0.05, 0) is 60.8 Å². The van der Waals surface area contributed by atoms with E-state index in [1.165, 1.54) is 17.7 Å². The Bertz CT molecular complexity index is 1620. The molecule has 1 unspecified atom stereocenters. The lowest BCUT2D eigenvalue weighted by Crippen LogP contribution is -2.38. The molecular formula is C32H30FN3O3S. The zero-order valence-corrected chi connectivity index (χ0v) is 22.6. The molecule has 0 spiro atoms. The van der Waals surface area contributed by atoms with Crippen LogP contribution in [0.2, 0.25) is 0 Å². The Morgan fingerprint density at radius 2 is 1.62 bits per heavy atom. The number of hydrogen-bond donors (Lipinski definition) is 4. The Hall–Kier alpha value is -4.11. The highest BCUT2D eigenvalue weighted by atomic mass is 32.2. The third-order valence-corrected chi connectivity index (χ3v) is 7.62. The highest BCUT2D eigenvalue weighted by Gasteiger charge is 2.20. The summed E-state index contributed by atoms with van der Waals surface area (Å²) >= 11 is -2.30. The lowest BCUT2D eigenvalue weighted by Gasteiger charge is -2.20. The van der Waals surface area contributed by atoms with Crippen LogP contribution in [0.1, 0.15) is 27.9 Å². The molecule has 1 heterocycles. The summed E-state index contributed by atoms with van der Waals surface area (Å²) in [5.74, 6) is -0.735. The number of rotatable bonds is 11. The van der Waals surface area contributed by atoms with Gasteiger partial charge in [0.05, 0.1) is 10.4 Å². The molecule has 1 aromatic heterocycles. The number of fused-ring (bicyclic) bond motifs is 1. The molecule has 204 valence electrons. The molecule has 4 N–H and O–H groups in total. The van der Waals surface area contributed by atoms with Crippen LogP contribution in [-0.4, -0.2) is 32.2 Å². The van der Waals surface area contributed by atoms with Gasteiger partial charge in [-0.3, -0.25) is 4.79 Å². The van der Waals surface area contributed by atoms with Crippen LogP contribution in [-0.2, 0) is 24.0 Å². The average Bonchev–Trinajstić information content (AvgIpc) is 3.46. The minimum atomic E-state index is -2.30. The molecule has 5 aromatic rings. The first-order chi connectivity index (χ1) is 19.5. The number of nitrogens with one attached hydrogen (secondary N) is 3. The van der Waals surface area contributed by atoms with E-state index in [0.717, 1.165) is 31.1 Å². The summed E-state index contributed by atoms with van der Waals surface area (Å²) in [4.78, 5) is 16.8. The van der Waals surface area contributed by atoms with E-state index in [4.69, 9.17) is 0 Å². The molecule has 0 aliphatic rings. The van der Waals surface area contributed by atoms with E-state index < -0.39 is 16.9 Å². The third kappa shape index (κ3) is 6.54. The first-order valence-corrected chi connectivity index (χ1v) is 14.2. The number of halogens is 1. The standard InChI is InChI=1S/C32H30FN3O3S/c33-24-11-14-30(40(38)39)29(20-24)26-12-13-28(27-16-18-35-31(26)27)32(37)36-25(19-22-7-3-1-4-8-22)15-17-34-21-23-9-5-2-6-10-23/h1-14,16,18,20,25,34-35H,15,17,19,21H2,(H,36,37)(H,38,39)/t25-/m1/s1. The minimum Gasteiger partial charge on any atom is -0.361 e. The molecule has 8 heteroatoms. The van der Waals surface area contributed by atoms with E-state index in [2.05, 4.69) is 39.9 Å². The Balaban J connectivity index is 1.37. The number of carbonyl (C=O) groups is 1. The molecule has 0 saturated carbocycles. The van der Waals surface area contributed by atoms with Crippen LogP contribution < -0.4 is 10.6 Å². The fourth-order valence-electron chi connectivity index (χ4n) is 4.94. The van der Waals surface area contributed by atoms with Crippen molar-refractivity contribution in [2.45, 2.75) is 30.3 Å². The third-order valence-electron chi connectivity index (χ3n) is 6.89. The normalized spacial score (nSPS) is 12.8. The van der Waals surface area contributed by atoms with E-state index >= 15 is 0 Å². The van der Waals surface area contributed by atoms with Crippen LogP contribution in [0, 0.1) is 5.82 Å². The van der Waals surface area contributed by atoms with Crippen molar-refractivity contribution in [2.24, 2.45) is 0 Å². The minimum absolute atomic E-state index is 0.0976. The molecule has 40 heavy (non-hydrogen) atoms. The van der Waals surface area contributed by atoms with Gasteiger partial charge in [0, 0.05) is 40.9 Å². The number of aromatic nitrogens is 1. The Labute approximate surface area is 234 Å². The van der Waals surface area contributed by atoms with Crippen LogP contribution in [0.4, 0.5) is 4.39 Å². The molecule has 0 saturated heterocycles. The van der Waals surface area contributed by atoms with E-state index in [1.807, 2.05) is 36.4 Å². The second-order valence-electron chi connectivity index (χ2n) is 9.63. The molecule has 0 aliphatic heterocycles. The van der Waals surface area contributed by atoms with Gasteiger partial charge in [0.1, 0.15) is 5.82 Å². The van der Waals surface area contributed by atoms with Crippen molar-refractivity contribution in [2.75, 3.05) is 6.54 Å². The number of carbonyl (C=O) groups excluding carboxylic acids is 1. The summed E-state index contributed by atoms with van der Waals surface area (Å²) in [5.41, 5.74) is 4.24. The number of hydrogen-bond acceptors (Lipinski definition) is 3. The van der Waals surface area contributed by atoms with Gasteiger partial charge in [-0.1, -0.05) is 66.7 Å². The highest BCUT2D eigenvalue weighted by Crippen LogP contribution is 2.34. The van der Waals surface area contributed by atoms with Crippen LogP contribution in [0.25, 0.3) is 22.0 Å². The summed E-state index contributed by atoms with van der Waals surface area (Å²) in [6, 6.07) is 29.0. The summed E-state index contributed by atoms with van der Waals surface area (Å²) in [7, 11) is 0. The Morgan fingerprint density at radius 1 is 0.900 bits per heavy atom. The summed E-state index contributed by atoms with van der Waals surface area (Å²) in [6.07, 6.45) is 3.12. The predicted octanol–water partition coefficient (Wildman–Crippen LogP) is 6.08. The second kappa shape index (κ2) is 12.8. The molecule has 1 amide bonds. The maximum atomic E-state index is 14.1. The van der Waals surface area contributed by atoms with Crippen LogP contribution in [0.3, 0.4) is 0 Å². The van der Waals surface area contributed by atoms with Crippen LogP contribution >= 0.6 is 0 Å². The van der Waals surface area contributed by atoms with Gasteiger partial charge in [0.25, 0.3) is 5.91 Å². The highest BCUT2D eigenvalue weighted by molar-refractivity contribution is 7.79. The zero-order valence-electron chi connectivity index (χ0n) is 21.8. The van der Waals surface area contributed by atoms with E-state index in [0.29, 0.717) is 34.0 Å². The monoisotopic (exact) mass is 555 g/mol. The van der Waals surface area contributed by atoms with Gasteiger partial charge in [-0.15, -0.1) is 0 Å². The zero-order chi connectivity index (χ0) is 27.9. The molecule has 0 radical (unpaired) electrons. The molecule has 0 aliphatic carbocycles. The van der Waals surface area contributed by atoms with Gasteiger partial charge < -0.3 is 20.2 Å².